The number of carboxylic acid groups (broad SMARTS) is 1. The molecule has 0 amide bonds. The monoisotopic (exact) mass is 364 g/mol. The zero-order chi connectivity index (χ0) is 19.1. The van der Waals surface area contributed by atoms with Crippen molar-refractivity contribution in [2.24, 2.45) is 0 Å². The summed E-state index contributed by atoms with van der Waals surface area (Å²) in [5, 5.41) is 19.0. The van der Waals surface area contributed by atoms with Gasteiger partial charge in [-0.25, -0.2) is 9.18 Å². The molecule has 2 N–H and O–H groups in total. The van der Waals surface area contributed by atoms with Crippen molar-refractivity contribution >= 4 is 5.97 Å². The predicted octanol–water partition coefficient (Wildman–Crippen LogP) is 2.97. The number of aliphatic hydroxyl groups is 1. The van der Waals surface area contributed by atoms with Crippen molar-refractivity contribution in [3.8, 4) is 17.2 Å². The molecule has 0 bridgehead atoms. The highest BCUT2D eigenvalue weighted by atomic mass is 19.1. The van der Waals surface area contributed by atoms with Gasteiger partial charge in [0.15, 0.2) is 23.9 Å². The van der Waals surface area contributed by atoms with E-state index in [1.54, 1.807) is 36.4 Å². The zero-order valence-electron chi connectivity index (χ0n) is 14.6. The molecule has 0 spiro atoms. The maximum atomic E-state index is 14.5. The maximum absolute atomic E-state index is 14.5. The topological polar surface area (TPSA) is 85.2 Å². The number of aliphatic hydroxyl groups excluding tert-OH is 1. The summed E-state index contributed by atoms with van der Waals surface area (Å²) in [6.07, 6.45) is -0.293. The fourth-order valence-corrected chi connectivity index (χ4v) is 2.54. The van der Waals surface area contributed by atoms with E-state index in [4.69, 9.17) is 19.3 Å². The molecule has 2 rings (SSSR count). The summed E-state index contributed by atoms with van der Waals surface area (Å²) in [6, 6.07) is 9.74. The second-order valence-electron chi connectivity index (χ2n) is 5.58. The van der Waals surface area contributed by atoms with Gasteiger partial charge in [0.25, 0.3) is 0 Å². The molecular weight excluding hydrogens is 343 g/mol. The van der Waals surface area contributed by atoms with E-state index in [9.17, 15) is 14.3 Å². The number of aryl methyl sites for hydroxylation is 1. The average molecular weight is 364 g/mol. The number of ether oxygens (including phenoxy) is 3. The van der Waals surface area contributed by atoms with E-state index in [0.717, 1.165) is 0 Å². The highest BCUT2D eigenvalue weighted by Gasteiger charge is 2.16. The number of methoxy groups -OCH3 is 2. The summed E-state index contributed by atoms with van der Waals surface area (Å²) in [5.74, 6) is -0.917. The van der Waals surface area contributed by atoms with E-state index in [0.29, 0.717) is 22.6 Å². The Kier molecular flexibility index (Phi) is 6.80. The van der Waals surface area contributed by atoms with Crippen LogP contribution in [0.5, 0.6) is 17.2 Å². The van der Waals surface area contributed by atoms with Crippen LogP contribution in [0.4, 0.5) is 4.39 Å². The lowest BCUT2D eigenvalue weighted by Gasteiger charge is -2.15. The van der Waals surface area contributed by atoms with E-state index in [-0.39, 0.29) is 18.6 Å². The highest BCUT2D eigenvalue weighted by molar-refractivity contribution is 5.68. The first-order valence-electron chi connectivity index (χ1n) is 7.98. The number of halogens is 1. The highest BCUT2D eigenvalue weighted by Crippen LogP contribution is 2.33. The van der Waals surface area contributed by atoms with Gasteiger partial charge in [0.2, 0.25) is 0 Å². The molecule has 0 saturated heterocycles. The molecule has 0 aromatic heterocycles. The Bertz CT molecular complexity index is 762. The van der Waals surface area contributed by atoms with Gasteiger partial charge in [-0.05, 0) is 42.2 Å². The lowest BCUT2D eigenvalue weighted by molar-refractivity contribution is -0.139. The molecule has 6 nitrogen and oxygen atoms in total. The van der Waals surface area contributed by atoms with E-state index in [1.165, 1.54) is 14.2 Å². The summed E-state index contributed by atoms with van der Waals surface area (Å²) in [6.45, 7) is -0.462. The molecule has 0 aliphatic carbocycles. The minimum absolute atomic E-state index is 0.0311. The molecule has 7 heteroatoms. The summed E-state index contributed by atoms with van der Waals surface area (Å²) in [4.78, 5) is 10.6. The summed E-state index contributed by atoms with van der Waals surface area (Å²) in [5.41, 5.74) is 0.966. The Hall–Kier alpha value is -2.80. The van der Waals surface area contributed by atoms with Gasteiger partial charge in [0.05, 0.1) is 20.3 Å². The van der Waals surface area contributed by atoms with Crippen molar-refractivity contribution in [3.63, 3.8) is 0 Å². The van der Waals surface area contributed by atoms with Crippen LogP contribution in [0.25, 0.3) is 0 Å². The average Bonchev–Trinajstić information content (AvgIpc) is 2.65. The molecule has 0 aliphatic heterocycles. The number of hydrogen-bond donors (Lipinski definition) is 2. The first-order valence-corrected chi connectivity index (χ1v) is 7.98. The molecule has 0 unspecified atom stereocenters. The number of hydrogen-bond acceptors (Lipinski definition) is 5. The van der Waals surface area contributed by atoms with Gasteiger partial charge < -0.3 is 24.4 Å². The van der Waals surface area contributed by atoms with Gasteiger partial charge in [0.1, 0.15) is 5.75 Å². The Balaban J connectivity index is 2.06. The smallest absolute Gasteiger partial charge is 0.341 e. The van der Waals surface area contributed by atoms with E-state index >= 15 is 0 Å². The maximum Gasteiger partial charge on any atom is 0.341 e. The van der Waals surface area contributed by atoms with Crippen molar-refractivity contribution in [1.29, 1.82) is 0 Å². The molecule has 0 radical (unpaired) electrons. The van der Waals surface area contributed by atoms with Crippen LogP contribution in [0.1, 0.15) is 23.7 Å². The largest absolute Gasteiger partial charge is 0.493 e. The molecule has 0 heterocycles. The normalized spacial score (nSPS) is 11.7. The zero-order valence-corrected chi connectivity index (χ0v) is 14.6. The van der Waals surface area contributed by atoms with Gasteiger partial charge in [-0.2, -0.15) is 0 Å². The standard InChI is InChI=1S/C19H21FO6/c1-24-16-9-7-12(18(20)19(16)25-2)6-8-15(21)13-4-3-5-14(10-13)26-11-17(22)23/h3-5,7,9-10,15,21H,6,8,11H2,1-2H3,(H,22,23)/t15-/m1/s1. The molecule has 0 saturated carbocycles. The van der Waals surface area contributed by atoms with Crippen molar-refractivity contribution in [2.45, 2.75) is 18.9 Å². The second kappa shape index (κ2) is 9.05. The van der Waals surface area contributed by atoms with Gasteiger partial charge in [-0.15, -0.1) is 0 Å². The fourth-order valence-electron chi connectivity index (χ4n) is 2.54. The van der Waals surface area contributed by atoms with Crippen molar-refractivity contribution in [2.75, 3.05) is 20.8 Å². The minimum Gasteiger partial charge on any atom is -0.493 e. The Labute approximate surface area is 150 Å². The van der Waals surface area contributed by atoms with E-state index in [1.807, 2.05) is 0 Å². The predicted molar refractivity (Wildman–Crippen MR) is 92.4 cm³/mol. The molecule has 0 aliphatic rings. The SMILES string of the molecule is COc1ccc(CC[C@@H](O)c2cccc(OCC(=O)O)c2)c(F)c1OC. The summed E-state index contributed by atoms with van der Waals surface area (Å²) >= 11 is 0. The molecular formula is C19H21FO6. The van der Waals surface area contributed by atoms with E-state index in [2.05, 4.69) is 0 Å². The number of aliphatic carboxylic acids is 1. The molecule has 0 fully saturated rings. The second-order valence-corrected chi connectivity index (χ2v) is 5.58. The van der Waals surface area contributed by atoms with Crippen LogP contribution in [0.15, 0.2) is 36.4 Å². The van der Waals surface area contributed by atoms with Crippen molar-refractivity contribution < 1.29 is 33.6 Å². The summed E-state index contributed by atoms with van der Waals surface area (Å²) < 4.78 is 29.6. The molecule has 140 valence electrons. The first-order chi connectivity index (χ1) is 12.5. The minimum atomic E-state index is -1.08. The van der Waals surface area contributed by atoms with Gasteiger partial charge >= 0.3 is 5.97 Å². The number of carboxylic acids is 1. The summed E-state index contributed by atoms with van der Waals surface area (Å²) in [7, 11) is 2.79. The van der Waals surface area contributed by atoms with Crippen LogP contribution in [0.2, 0.25) is 0 Å². The van der Waals surface area contributed by atoms with Crippen molar-refractivity contribution in [1.82, 2.24) is 0 Å². The van der Waals surface area contributed by atoms with E-state index < -0.39 is 24.5 Å². The van der Waals surface area contributed by atoms with Crippen LogP contribution >= 0.6 is 0 Å². The van der Waals surface area contributed by atoms with Crippen LogP contribution in [-0.4, -0.2) is 37.0 Å². The Morgan fingerprint density at radius 1 is 1.19 bits per heavy atom. The quantitative estimate of drug-likeness (QED) is 0.712. The number of rotatable bonds is 9. The third-order valence-corrected chi connectivity index (χ3v) is 3.86. The van der Waals surface area contributed by atoms with Gasteiger partial charge in [0, 0.05) is 0 Å². The van der Waals surface area contributed by atoms with Crippen LogP contribution in [-0.2, 0) is 11.2 Å². The van der Waals surface area contributed by atoms with Crippen LogP contribution < -0.4 is 14.2 Å². The number of benzene rings is 2. The molecule has 2 aromatic carbocycles. The lowest BCUT2D eigenvalue weighted by Crippen LogP contribution is -2.09. The fraction of sp³-hybridized carbons (Fsp3) is 0.316. The van der Waals surface area contributed by atoms with Gasteiger partial charge in [-0.3, -0.25) is 0 Å². The molecule has 2 aromatic rings. The Morgan fingerprint density at radius 3 is 2.62 bits per heavy atom. The third-order valence-electron chi connectivity index (χ3n) is 3.86. The first kappa shape index (κ1) is 19.5. The van der Waals surface area contributed by atoms with Gasteiger partial charge in [-0.1, -0.05) is 18.2 Å². The molecule has 1 atom stereocenters. The lowest BCUT2D eigenvalue weighted by atomic mass is 10.0. The third kappa shape index (κ3) is 4.86. The van der Waals surface area contributed by atoms with Crippen molar-refractivity contribution in [3.05, 3.63) is 53.3 Å². The number of carbonyl (C=O) groups is 1. The Morgan fingerprint density at radius 2 is 1.96 bits per heavy atom. The van der Waals surface area contributed by atoms with Crippen LogP contribution in [0.3, 0.4) is 0 Å². The van der Waals surface area contributed by atoms with Crippen LogP contribution in [0, 0.1) is 5.82 Å². The molecule has 26 heavy (non-hydrogen) atoms.